The van der Waals surface area contributed by atoms with Crippen LogP contribution in [0.25, 0.3) is 22.4 Å². The van der Waals surface area contributed by atoms with E-state index in [4.69, 9.17) is 9.72 Å². The molecule has 5 heteroatoms. The third kappa shape index (κ3) is 3.94. The van der Waals surface area contributed by atoms with E-state index in [1.54, 1.807) is 13.2 Å². The number of carbonyl (C=O) groups is 1. The van der Waals surface area contributed by atoms with E-state index in [0.29, 0.717) is 4.88 Å². The van der Waals surface area contributed by atoms with Crippen molar-refractivity contribution >= 4 is 17.3 Å². The van der Waals surface area contributed by atoms with Gasteiger partial charge in [0.05, 0.1) is 12.8 Å². The van der Waals surface area contributed by atoms with Crippen LogP contribution in [0.1, 0.15) is 35.0 Å². The van der Waals surface area contributed by atoms with Crippen molar-refractivity contribution < 1.29 is 14.6 Å². The number of pyridine rings is 1. The van der Waals surface area contributed by atoms with Crippen LogP contribution in [-0.4, -0.2) is 23.2 Å². The molecule has 0 fully saturated rings. The molecule has 0 aliphatic carbocycles. The predicted octanol–water partition coefficient (Wildman–Crippen LogP) is 5.53. The Kier molecular flexibility index (Phi) is 5.68. The Morgan fingerprint density at radius 3 is 2.58 bits per heavy atom. The van der Waals surface area contributed by atoms with Crippen molar-refractivity contribution in [2.75, 3.05) is 7.11 Å². The normalized spacial score (nSPS) is 10.7. The van der Waals surface area contributed by atoms with Gasteiger partial charge in [-0.15, -0.1) is 11.3 Å². The molecule has 0 unspecified atom stereocenters. The maximum absolute atomic E-state index is 11.3. The van der Waals surface area contributed by atoms with Crippen LogP contribution in [0.2, 0.25) is 0 Å². The lowest BCUT2D eigenvalue weighted by molar-refractivity contribution is 0.0702. The van der Waals surface area contributed by atoms with E-state index in [-0.39, 0.29) is 0 Å². The molecule has 4 nitrogen and oxygen atoms in total. The van der Waals surface area contributed by atoms with Crippen molar-refractivity contribution in [1.82, 2.24) is 4.98 Å². The van der Waals surface area contributed by atoms with Crippen LogP contribution in [0.5, 0.6) is 5.75 Å². The third-order valence-electron chi connectivity index (χ3n) is 4.25. The number of methoxy groups -OCH3 is 1. The van der Waals surface area contributed by atoms with Gasteiger partial charge in [-0.2, -0.15) is 0 Å². The quantitative estimate of drug-likeness (QED) is 0.597. The maximum Gasteiger partial charge on any atom is 0.345 e. The van der Waals surface area contributed by atoms with Gasteiger partial charge in [-0.1, -0.05) is 13.3 Å². The van der Waals surface area contributed by atoms with Gasteiger partial charge in [0, 0.05) is 17.3 Å². The molecular weight excluding hydrogens is 346 g/mol. The predicted molar refractivity (Wildman–Crippen MR) is 105 cm³/mol. The van der Waals surface area contributed by atoms with E-state index < -0.39 is 5.97 Å². The second-order valence-electron chi connectivity index (χ2n) is 6.08. The van der Waals surface area contributed by atoms with Gasteiger partial charge in [-0.05, 0) is 65.7 Å². The number of benzene rings is 1. The van der Waals surface area contributed by atoms with E-state index in [9.17, 15) is 9.90 Å². The molecule has 26 heavy (non-hydrogen) atoms. The van der Waals surface area contributed by atoms with Crippen LogP contribution in [-0.2, 0) is 6.42 Å². The molecule has 0 atom stereocenters. The first-order valence-corrected chi connectivity index (χ1v) is 9.46. The molecule has 0 saturated heterocycles. The number of unbranched alkanes of at least 4 members (excludes halogenated alkanes) is 1. The molecule has 2 heterocycles. The van der Waals surface area contributed by atoms with Crippen LogP contribution in [0.4, 0.5) is 0 Å². The van der Waals surface area contributed by atoms with Gasteiger partial charge < -0.3 is 9.84 Å². The lowest BCUT2D eigenvalue weighted by atomic mass is 9.98. The van der Waals surface area contributed by atoms with Crippen molar-refractivity contribution in [1.29, 1.82) is 0 Å². The van der Waals surface area contributed by atoms with E-state index in [2.05, 4.69) is 13.0 Å². The summed E-state index contributed by atoms with van der Waals surface area (Å²) in [5.41, 5.74) is 4.85. The highest BCUT2D eigenvalue weighted by atomic mass is 32.1. The largest absolute Gasteiger partial charge is 0.497 e. The molecular formula is C21H21NO3S. The molecule has 3 aromatic rings. The van der Waals surface area contributed by atoms with Crippen LogP contribution in [0, 0.1) is 0 Å². The molecule has 2 aromatic heterocycles. The molecule has 0 bridgehead atoms. The summed E-state index contributed by atoms with van der Waals surface area (Å²) in [5, 5.41) is 11.1. The molecule has 134 valence electrons. The molecule has 0 radical (unpaired) electrons. The highest BCUT2D eigenvalue weighted by Crippen LogP contribution is 2.34. The summed E-state index contributed by atoms with van der Waals surface area (Å²) in [6.07, 6.45) is 5.11. The number of hydrogen-bond donors (Lipinski definition) is 1. The summed E-state index contributed by atoms with van der Waals surface area (Å²) in [5.74, 6) is -0.110. The number of thiophene rings is 1. The Hall–Kier alpha value is -2.66. The lowest BCUT2D eigenvalue weighted by Crippen LogP contribution is -1.94. The van der Waals surface area contributed by atoms with Crippen LogP contribution < -0.4 is 4.74 Å². The molecule has 3 rings (SSSR count). The van der Waals surface area contributed by atoms with Gasteiger partial charge in [0.25, 0.3) is 0 Å². The standard InChI is InChI=1S/C21H21NO3S/c1-3-4-5-14-10-18(16-11-19(21(23)24)26-13-16)20(22-12-14)15-6-8-17(25-2)9-7-15/h6-13H,3-5H2,1-2H3,(H,23,24). The van der Waals surface area contributed by atoms with Gasteiger partial charge in [-0.3, -0.25) is 4.98 Å². The number of rotatable bonds is 7. The van der Waals surface area contributed by atoms with Gasteiger partial charge in [0.1, 0.15) is 10.6 Å². The van der Waals surface area contributed by atoms with Crippen LogP contribution in [0.15, 0.2) is 48.0 Å². The maximum atomic E-state index is 11.3. The monoisotopic (exact) mass is 367 g/mol. The molecule has 0 amide bonds. The van der Waals surface area contributed by atoms with E-state index in [1.165, 1.54) is 16.9 Å². The Morgan fingerprint density at radius 2 is 1.96 bits per heavy atom. The van der Waals surface area contributed by atoms with Crippen molar-refractivity contribution in [3.63, 3.8) is 0 Å². The molecule has 0 aliphatic heterocycles. The summed E-state index contributed by atoms with van der Waals surface area (Å²) < 4.78 is 5.23. The van der Waals surface area contributed by atoms with Crippen LogP contribution in [0.3, 0.4) is 0 Å². The Bertz CT molecular complexity index is 900. The van der Waals surface area contributed by atoms with E-state index >= 15 is 0 Å². The first kappa shape index (κ1) is 18.1. The smallest absolute Gasteiger partial charge is 0.345 e. The summed E-state index contributed by atoms with van der Waals surface area (Å²) >= 11 is 1.24. The van der Waals surface area contributed by atoms with Crippen LogP contribution >= 0.6 is 11.3 Å². The fraction of sp³-hybridized carbons (Fsp3) is 0.238. The van der Waals surface area contributed by atoms with Gasteiger partial charge in [0.2, 0.25) is 0 Å². The SMILES string of the molecule is CCCCc1cnc(-c2ccc(OC)cc2)c(-c2csc(C(=O)O)c2)c1. The molecule has 1 N–H and O–H groups in total. The lowest BCUT2D eigenvalue weighted by Gasteiger charge is -2.11. The van der Waals surface area contributed by atoms with Crippen molar-refractivity contribution in [3.05, 3.63) is 58.4 Å². The topological polar surface area (TPSA) is 59.4 Å². The molecule has 0 saturated carbocycles. The molecule has 0 spiro atoms. The number of hydrogen-bond acceptors (Lipinski definition) is 4. The average molecular weight is 367 g/mol. The Balaban J connectivity index is 2.07. The summed E-state index contributed by atoms with van der Waals surface area (Å²) in [7, 11) is 1.64. The highest BCUT2D eigenvalue weighted by molar-refractivity contribution is 7.12. The number of aryl methyl sites for hydroxylation is 1. The second-order valence-corrected chi connectivity index (χ2v) is 6.99. The fourth-order valence-corrected chi connectivity index (χ4v) is 3.56. The number of carboxylic acids is 1. The molecule has 0 aliphatic rings. The minimum Gasteiger partial charge on any atom is -0.497 e. The van der Waals surface area contributed by atoms with Gasteiger partial charge in [0.15, 0.2) is 0 Å². The average Bonchev–Trinajstić information content (AvgIpc) is 3.17. The second kappa shape index (κ2) is 8.15. The number of nitrogens with zero attached hydrogens (tertiary/aromatic N) is 1. The zero-order valence-corrected chi connectivity index (χ0v) is 15.7. The first-order chi connectivity index (χ1) is 12.6. The minimum absolute atomic E-state index is 0.333. The minimum atomic E-state index is -0.901. The van der Waals surface area contributed by atoms with E-state index in [1.807, 2.05) is 35.8 Å². The number of carboxylic acid groups (broad SMARTS) is 1. The summed E-state index contributed by atoms with van der Waals surface area (Å²) in [6.45, 7) is 2.16. The van der Waals surface area contributed by atoms with Crippen molar-refractivity contribution in [2.24, 2.45) is 0 Å². The van der Waals surface area contributed by atoms with E-state index in [0.717, 1.165) is 47.4 Å². The van der Waals surface area contributed by atoms with Crippen molar-refractivity contribution in [2.45, 2.75) is 26.2 Å². The van der Waals surface area contributed by atoms with Gasteiger partial charge >= 0.3 is 5.97 Å². The first-order valence-electron chi connectivity index (χ1n) is 8.58. The Morgan fingerprint density at radius 1 is 1.19 bits per heavy atom. The highest BCUT2D eigenvalue weighted by Gasteiger charge is 2.14. The van der Waals surface area contributed by atoms with Gasteiger partial charge in [-0.25, -0.2) is 4.79 Å². The fourth-order valence-electron chi connectivity index (χ4n) is 2.81. The zero-order chi connectivity index (χ0) is 18.5. The summed E-state index contributed by atoms with van der Waals surface area (Å²) in [6, 6.07) is 11.6. The van der Waals surface area contributed by atoms with Crippen molar-refractivity contribution in [3.8, 4) is 28.1 Å². The third-order valence-corrected chi connectivity index (χ3v) is 5.17. The molecule has 1 aromatic carbocycles. The number of ether oxygens (including phenoxy) is 1. The number of aromatic carboxylic acids is 1. The Labute approximate surface area is 157 Å². The number of aromatic nitrogens is 1. The summed E-state index contributed by atoms with van der Waals surface area (Å²) in [4.78, 5) is 16.3. The zero-order valence-electron chi connectivity index (χ0n) is 14.9.